The lowest BCUT2D eigenvalue weighted by molar-refractivity contribution is -0.152. The minimum atomic E-state index is -4.04. The number of nitrogen functional groups attached to an aromatic ring is 1. The van der Waals surface area contributed by atoms with Crippen molar-refractivity contribution in [1.29, 1.82) is 5.26 Å². The number of para-hydroxylation sites is 1. The van der Waals surface area contributed by atoms with Gasteiger partial charge in [-0.3, -0.25) is 9.32 Å². The first-order chi connectivity index (χ1) is 19.7. The number of anilines is 1. The first-order valence-electron chi connectivity index (χ1n) is 13.5. The average molecular weight is 585 g/mol. The highest BCUT2D eigenvalue weighted by Gasteiger charge is 2.58. The van der Waals surface area contributed by atoms with Crippen LogP contribution >= 0.6 is 7.60 Å². The Morgan fingerprint density at radius 2 is 1.98 bits per heavy atom. The molecule has 0 spiro atoms. The number of nitrogens with zero attached hydrogens (tertiary/aromatic N) is 3. The highest BCUT2D eigenvalue weighted by atomic mass is 31.2. The fourth-order valence-electron chi connectivity index (χ4n) is 5.28. The van der Waals surface area contributed by atoms with Gasteiger partial charge < -0.3 is 29.9 Å². The van der Waals surface area contributed by atoms with E-state index >= 15 is 0 Å². The van der Waals surface area contributed by atoms with Crippen molar-refractivity contribution in [3.8, 4) is 11.8 Å². The molecule has 1 saturated carbocycles. The molecule has 0 radical (unpaired) electrons. The minimum Gasteiger partial charge on any atom is -0.462 e. The van der Waals surface area contributed by atoms with Crippen molar-refractivity contribution in [2.45, 2.75) is 62.6 Å². The van der Waals surface area contributed by atoms with Gasteiger partial charge in [-0.2, -0.15) is 10.4 Å². The Morgan fingerprint density at radius 1 is 1.24 bits per heavy atom. The summed E-state index contributed by atoms with van der Waals surface area (Å²) in [5.41, 5.74) is 5.03. The number of aliphatic hydroxyl groups excluding tert-OH is 2. The van der Waals surface area contributed by atoms with Crippen molar-refractivity contribution < 1.29 is 38.1 Å². The number of benzene rings is 1. The normalized spacial score (nSPS) is 26.8. The molecule has 41 heavy (non-hydrogen) atoms. The van der Waals surface area contributed by atoms with Crippen LogP contribution in [-0.2, 0) is 29.0 Å². The molecular weight excluding hydrogens is 551 g/mol. The molecule has 12 nitrogen and oxygen atoms in total. The molecule has 2 fully saturated rings. The SMILES string of the molecule is C[C@H](C[P@](=O)(OC[C@H]1O[C@@](C#N)(c2ccc3c(N)ccnn23)[C@H](O)[C@@H]1O)Oc1ccccc1)C(=O)OC1CCCC1. The third-order valence-electron chi connectivity index (χ3n) is 7.50. The van der Waals surface area contributed by atoms with Crippen LogP contribution in [0.4, 0.5) is 5.69 Å². The molecule has 0 amide bonds. The number of hydrogen-bond donors (Lipinski definition) is 3. The summed E-state index contributed by atoms with van der Waals surface area (Å²) in [6.45, 7) is 1.08. The third kappa shape index (κ3) is 5.82. The van der Waals surface area contributed by atoms with Crippen LogP contribution in [0.15, 0.2) is 54.7 Å². The van der Waals surface area contributed by atoms with Gasteiger partial charge >= 0.3 is 13.6 Å². The monoisotopic (exact) mass is 584 g/mol. The van der Waals surface area contributed by atoms with Crippen molar-refractivity contribution in [2.75, 3.05) is 18.5 Å². The second kappa shape index (κ2) is 11.8. The fraction of sp³-hybridized carbons (Fsp3) is 0.464. The smallest absolute Gasteiger partial charge is 0.380 e. The minimum absolute atomic E-state index is 0.155. The zero-order chi connectivity index (χ0) is 29.2. The summed E-state index contributed by atoms with van der Waals surface area (Å²) in [5, 5.41) is 36.3. The number of nitrogens with two attached hydrogens (primary N) is 1. The van der Waals surface area contributed by atoms with Gasteiger partial charge in [0.25, 0.3) is 0 Å². The van der Waals surface area contributed by atoms with E-state index in [1.54, 1.807) is 49.4 Å². The standard InChI is InChI=1S/C28H33N4O8P/c1-18(27(35)38-19-7-5-6-8-19)16-41(36,40-20-9-3-2-4-10-20)37-15-23-25(33)26(34)28(17-29,39-23)24-12-11-22-21(30)13-14-31-32(22)24/h2-4,9-14,18-19,23,25-26,33-34H,5-8,15-16,30H2,1H3/t18-,23-,25-,26-,28+,41+/m1/s1. The second-order valence-electron chi connectivity index (χ2n) is 10.5. The molecule has 0 bridgehead atoms. The molecule has 5 rings (SSSR count). The van der Waals surface area contributed by atoms with E-state index in [0.29, 0.717) is 11.2 Å². The number of hydrogen-bond acceptors (Lipinski definition) is 11. The molecule has 6 atom stereocenters. The number of esters is 1. The first kappa shape index (κ1) is 29.0. The van der Waals surface area contributed by atoms with Crippen molar-refractivity contribution in [1.82, 2.24) is 9.61 Å². The van der Waals surface area contributed by atoms with Crippen LogP contribution < -0.4 is 10.3 Å². The van der Waals surface area contributed by atoms with Crippen LogP contribution in [0.5, 0.6) is 5.75 Å². The molecule has 4 N–H and O–H groups in total. The van der Waals surface area contributed by atoms with Crippen molar-refractivity contribution in [3.63, 3.8) is 0 Å². The number of carbonyl (C=O) groups excluding carboxylic acids is 1. The van der Waals surface area contributed by atoms with Gasteiger partial charge in [0.15, 0.2) is 0 Å². The van der Waals surface area contributed by atoms with Gasteiger partial charge in [0.05, 0.1) is 35.6 Å². The molecule has 1 aromatic carbocycles. The zero-order valence-electron chi connectivity index (χ0n) is 22.5. The van der Waals surface area contributed by atoms with Gasteiger partial charge in [-0.25, -0.2) is 9.08 Å². The van der Waals surface area contributed by atoms with Crippen LogP contribution in [0.3, 0.4) is 0 Å². The number of ether oxygens (including phenoxy) is 2. The zero-order valence-corrected chi connectivity index (χ0v) is 23.4. The molecule has 13 heteroatoms. The summed E-state index contributed by atoms with van der Waals surface area (Å²) >= 11 is 0. The van der Waals surface area contributed by atoms with E-state index in [9.17, 15) is 24.8 Å². The number of nitriles is 1. The maximum absolute atomic E-state index is 14.0. The number of aliphatic hydroxyl groups is 2. The average Bonchev–Trinajstić information content (AvgIpc) is 3.69. The number of rotatable bonds is 10. The van der Waals surface area contributed by atoms with E-state index in [-0.39, 0.29) is 23.7 Å². The summed E-state index contributed by atoms with van der Waals surface area (Å²) in [4.78, 5) is 12.8. The van der Waals surface area contributed by atoms with E-state index in [0.717, 1.165) is 25.7 Å². The van der Waals surface area contributed by atoms with E-state index in [4.69, 9.17) is 24.3 Å². The van der Waals surface area contributed by atoms with Crippen LogP contribution in [0, 0.1) is 17.2 Å². The highest BCUT2D eigenvalue weighted by molar-refractivity contribution is 7.54. The first-order valence-corrected chi connectivity index (χ1v) is 15.3. The predicted molar refractivity (Wildman–Crippen MR) is 147 cm³/mol. The summed E-state index contributed by atoms with van der Waals surface area (Å²) in [6.07, 6.45) is 0.00896. The Labute approximate surface area is 237 Å². The highest BCUT2D eigenvalue weighted by Crippen LogP contribution is 2.51. The van der Waals surface area contributed by atoms with E-state index < -0.39 is 50.0 Å². The topological polar surface area (TPSA) is 179 Å². The maximum Gasteiger partial charge on any atom is 0.380 e. The second-order valence-corrected chi connectivity index (χ2v) is 12.5. The van der Waals surface area contributed by atoms with Crippen molar-refractivity contribution >= 4 is 24.8 Å². The lowest BCUT2D eigenvalue weighted by Crippen LogP contribution is -2.41. The van der Waals surface area contributed by atoms with Crippen LogP contribution in [0.2, 0.25) is 0 Å². The summed E-state index contributed by atoms with van der Waals surface area (Å²) in [6, 6.07) is 15.1. The van der Waals surface area contributed by atoms with Crippen LogP contribution in [-0.4, -0.2) is 63.0 Å². The summed E-state index contributed by atoms with van der Waals surface area (Å²) in [7, 11) is -4.04. The molecule has 1 saturated heterocycles. The number of fused-ring (bicyclic) bond motifs is 1. The molecule has 3 aromatic rings. The van der Waals surface area contributed by atoms with Crippen LogP contribution in [0.1, 0.15) is 38.3 Å². The van der Waals surface area contributed by atoms with Gasteiger partial charge in [0.2, 0.25) is 5.60 Å². The Morgan fingerprint density at radius 3 is 2.68 bits per heavy atom. The predicted octanol–water partition coefficient (Wildman–Crippen LogP) is 3.17. The van der Waals surface area contributed by atoms with Gasteiger partial charge in [0, 0.05) is 6.20 Å². The van der Waals surface area contributed by atoms with Crippen LogP contribution in [0.25, 0.3) is 5.52 Å². The Balaban J connectivity index is 1.35. The van der Waals surface area contributed by atoms with Crippen molar-refractivity contribution in [2.24, 2.45) is 5.92 Å². The molecule has 218 valence electrons. The number of aromatic nitrogens is 2. The van der Waals surface area contributed by atoms with E-state index in [2.05, 4.69) is 5.10 Å². The van der Waals surface area contributed by atoms with Gasteiger partial charge in [-0.05, 0) is 56.0 Å². The number of carbonyl (C=O) groups is 1. The van der Waals surface area contributed by atoms with Gasteiger partial charge in [-0.15, -0.1) is 0 Å². The van der Waals surface area contributed by atoms with Gasteiger partial charge in [0.1, 0.15) is 36.2 Å². The maximum atomic E-state index is 14.0. The largest absolute Gasteiger partial charge is 0.462 e. The molecule has 3 heterocycles. The molecule has 2 aromatic heterocycles. The fourth-order valence-corrected chi connectivity index (χ4v) is 7.15. The quantitative estimate of drug-likeness (QED) is 0.235. The van der Waals surface area contributed by atoms with E-state index in [1.165, 1.54) is 16.8 Å². The lowest BCUT2D eigenvalue weighted by atomic mass is 9.92. The van der Waals surface area contributed by atoms with Crippen molar-refractivity contribution in [3.05, 3.63) is 60.4 Å². The summed E-state index contributed by atoms with van der Waals surface area (Å²) in [5.74, 6) is -1.05. The molecular formula is C28H33N4O8P. The lowest BCUT2D eigenvalue weighted by Gasteiger charge is -2.25. The summed E-state index contributed by atoms with van der Waals surface area (Å²) < 4.78 is 38.4. The Hall–Kier alpha value is -3.46. The molecule has 2 aliphatic rings. The third-order valence-corrected chi connectivity index (χ3v) is 9.53. The molecule has 1 aliphatic heterocycles. The Bertz CT molecular complexity index is 1470. The molecule has 1 aliphatic carbocycles. The van der Waals surface area contributed by atoms with Gasteiger partial charge in [-0.1, -0.05) is 25.1 Å². The van der Waals surface area contributed by atoms with E-state index in [1.807, 2.05) is 6.07 Å². The molecule has 0 unspecified atom stereocenters. The Kier molecular flexibility index (Phi) is 8.36.